The molecule has 0 saturated heterocycles. The predicted octanol–water partition coefficient (Wildman–Crippen LogP) is 10.6. The summed E-state index contributed by atoms with van der Waals surface area (Å²) >= 11 is 2.64. The molecule has 8 rings (SSSR count). The first kappa shape index (κ1) is 65.5. The molecule has 0 spiro atoms. The van der Waals surface area contributed by atoms with Crippen LogP contribution in [0.2, 0.25) is 0 Å². The molecule has 11 atom stereocenters. The fourth-order valence-electron chi connectivity index (χ4n) is 15.9. The molecule has 466 valence electrons. The van der Waals surface area contributed by atoms with Gasteiger partial charge in [0.1, 0.15) is 21.8 Å². The van der Waals surface area contributed by atoms with Gasteiger partial charge in [0.2, 0.25) is 17.7 Å². The second-order valence-electron chi connectivity index (χ2n) is 26.8. The van der Waals surface area contributed by atoms with Gasteiger partial charge in [0.05, 0.1) is 16.3 Å². The second kappa shape index (κ2) is 27.7. The third kappa shape index (κ3) is 14.9. The summed E-state index contributed by atoms with van der Waals surface area (Å²) in [5.74, 6) is 1.14. The number of unbranched alkanes of at least 4 members (excludes halogenated alkanes) is 3. The van der Waals surface area contributed by atoms with Gasteiger partial charge >= 0.3 is 18.0 Å². The normalized spacial score (nSPS) is 27.4. The van der Waals surface area contributed by atoms with Crippen molar-refractivity contribution in [2.75, 3.05) is 39.0 Å². The van der Waals surface area contributed by atoms with Crippen molar-refractivity contribution in [2.45, 2.75) is 196 Å². The molecule has 20 heteroatoms. The van der Waals surface area contributed by atoms with Crippen molar-refractivity contribution in [3.63, 3.8) is 0 Å². The number of benzene rings is 1. The SMILES string of the molecule is CC1=C(C)C(=O)C(C(C)(C)CC(=O)N(C)CCN(CCCCCC(=O)NCCCCC(NC(=O)CC[C@@H](C)[C@H]2CC[C@H]3[C@@H]4CC[C@@H]5C[C@H](O)CC[C@]5(C)[C@H]4CC[C@]23C)C(=O)O)C(=O)Oc2ccc3nc(C4=NC(C(=O)O)CS4)sc3c2)=C(C)C1=O. The van der Waals surface area contributed by atoms with E-state index in [9.17, 15) is 53.7 Å². The van der Waals surface area contributed by atoms with E-state index in [-0.39, 0.29) is 85.5 Å². The molecule has 4 saturated carbocycles. The summed E-state index contributed by atoms with van der Waals surface area (Å²) < 4.78 is 6.62. The van der Waals surface area contributed by atoms with E-state index in [1.54, 1.807) is 59.9 Å². The fraction of sp³-hybridized carbons (Fsp3) is 0.692. The topological polar surface area (TPSA) is 262 Å². The number of hydrogen-bond donors (Lipinski definition) is 5. The number of thiazole rings is 1. The quantitative estimate of drug-likeness (QED) is 0.0434. The van der Waals surface area contributed by atoms with E-state index in [1.165, 1.54) is 71.4 Å². The smallest absolute Gasteiger partial charge is 0.415 e. The molecule has 18 nitrogen and oxygen atoms in total. The number of ether oxygens (including phenoxy) is 1. The molecule has 2 unspecified atom stereocenters. The molecule has 0 radical (unpaired) electrons. The molecule has 85 heavy (non-hydrogen) atoms. The number of ketones is 2. The largest absolute Gasteiger partial charge is 0.480 e. The lowest BCUT2D eigenvalue weighted by Gasteiger charge is -2.61. The van der Waals surface area contributed by atoms with E-state index in [2.05, 4.69) is 41.4 Å². The minimum atomic E-state index is -1.07. The zero-order valence-corrected chi connectivity index (χ0v) is 53.2. The highest BCUT2D eigenvalue weighted by molar-refractivity contribution is 8.15. The van der Waals surface area contributed by atoms with Crippen LogP contribution < -0.4 is 15.4 Å². The van der Waals surface area contributed by atoms with E-state index in [0.717, 1.165) is 37.5 Å². The van der Waals surface area contributed by atoms with Gasteiger partial charge < -0.3 is 40.5 Å². The highest BCUT2D eigenvalue weighted by Crippen LogP contribution is 2.68. The van der Waals surface area contributed by atoms with Gasteiger partial charge in [0.25, 0.3) is 0 Å². The maximum Gasteiger partial charge on any atom is 0.415 e. The third-order valence-corrected chi connectivity index (χ3v) is 23.2. The Bertz CT molecular complexity index is 2990. The summed E-state index contributed by atoms with van der Waals surface area (Å²) in [4.78, 5) is 116. The van der Waals surface area contributed by atoms with Crippen LogP contribution in [0, 0.1) is 51.8 Å². The zero-order chi connectivity index (χ0) is 61.7. The van der Waals surface area contributed by atoms with Gasteiger partial charge in [-0.2, -0.15) is 0 Å². The molecule has 2 aromatic rings. The Hall–Kier alpha value is -5.47. The van der Waals surface area contributed by atoms with Crippen LogP contribution in [0.5, 0.6) is 5.75 Å². The Kier molecular flexibility index (Phi) is 21.4. The van der Waals surface area contributed by atoms with Crippen LogP contribution in [0.15, 0.2) is 45.5 Å². The van der Waals surface area contributed by atoms with Crippen molar-refractivity contribution in [1.82, 2.24) is 25.4 Å². The van der Waals surface area contributed by atoms with Crippen molar-refractivity contribution >= 4 is 85.7 Å². The maximum absolute atomic E-state index is 13.9. The summed E-state index contributed by atoms with van der Waals surface area (Å²) in [6.45, 7) is 16.6. The van der Waals surface area contributed by atoms with E-state index >= 15 is 0 Å². The minimum Gasteiger partial charge on any atom is -0.480 e. The lowest BCUT2D eigenvalue weighted by Crippen LogP contribution is -2.54. The first-order valence-corrected chi connectivity index (χ1v) is 33.0. The van der Waals surface area contributed by atoms with Crippen LogP contribution in [0.25, 0.3) is 10.2 Å². The number of allylic oxidation sites excluding steroid dienone is 4. The van der Waals surface area contributed by atoms with Crippen LogP contribution in [0.4, 0.5) is 4.79 Å². The summed E-state index contributed by atoms with van der Waals surface area (Å²) in [5, 5.41) is 36.8. The van der Waals surface area contributed by atoms with E-state index in [1.807, 2.05) is 0 Å². The Morgan fingerprint density at radius 2 is 1.55 bits per heavy atom. The molecule has 2 heterocycles. The molecule has 4 amide bonds. The number of amides is 4. The van der Waals surface area contributed by atoms with Gasteiger partial charge in [-0.3, -0.25) is 29.0 Å². The average molecular weight is 1210 g/mol. The number of nitrogens with zero attached hydrogens (tertiary/aromatic N) is 4. The molecule has 1 aromatic heterocycles. The summed E-state index contributed by atoms with van der Waals surface area (Å²) in [6.07, 6.45) is 13.8. The monoisotopic (exact) mass is 1210 g/mol. The Labute approximate surface area is 509 Å². The van der Waals surface area contributed by atoms with Gasteiger partial charge in [0, 0.05) is 92.0 Å². The number of fused-ring (bicyclic) bond motifs is 6. The number of likely N-dealkylation sites (N-methyl/N-ethyl adjacent to an activating group) is 1. The van der Waals surface area contributed by atoms with Crippen LogP contribution in [0.1, 0.15) is 182 Å². The van der Waals surface area contributed by atoms with Crippen molar-refractivity contribution in [2.24, 2.45) is 56.7 Å². The summed E-state index contributed by atoms with van der Waals surface area (Å²) in [7, 11) is 1.62. The maximum atomic E-state index is 13.9. The molecule has 5 N–H and O–H groups in total. The highest BCUT2D eigenvalue weighted by atomic mass is 32.2. The molecule has 5 aliphatic carbocycles. The van der Waals surface area contributed by atoms with Crippen molar-refractivity contribution in [1.29, 1.82) is 0 Å². The summed E-state index contributed by atoms with van der Waals surface area (Å²) in [6, 6.07) is 3.19. The fourth-order valence-corrected chi connectivity index (χ4v) is 18.0. The lowest BCUT2D eigenvalue weighted by molar-refractivity contribution is -0.142. The van der Waals surface area contributed by atoms with Crippen LogP contribution >= 0.6 is 23.1 Å². The van der Waals surface area contributed by atoms with Gasteiger partial charge in [-0.15, -0.1) is 23.1 Å². The van der Waals surface area contributed by atoms with E-state index in [0.29, 0.717) is 122 Å². The zero-order valence-electron chi connectivity index (χ0n) is 51.5. The van der Waals surface area contributed by atoms with Crippen molar-refractivity contribution in [3.05, 3.63) is 45.5 Å². The Morgan fingerprint density at radius 3 is 2.28 bits per heavy atom. The van der Waals surface area contributed by atoms with Gasteiger partial charge in [0.15, 0.2) is 17.6 Å². The molecule has 6 aliphatic rings. The number of aliphatic imine (C=N–C) groups is 1. The van der Waals surface area contributed by atoms with Crippen LogP contribution in [0.3, 0.4) is 0 Å². The Balaban J connectivity index is 0.765. The standard InChI is InChI=1S/C65H92N6O12S2/c1-37(45-21-22-46-44-20-18-41-33-42(72)25-27-64(41,7)47(44)26-28-65(45,46)8)17-24-53(74)67-49(60(78)79)15-12-13-29-66-52(73)16-11-10-14-30-71(32-31-70(9)54(75)35-63(5,6)55-40(4)56(76)38(2)39(3)57(55)77)62(82)83-43-19-23-48-51(34-43)85-59(68-48)58-69-50(36-84-58)61(80)81/h19,23,34,37,41-42,44-47,49-50,72H,10-18,20-22,24-33,35-36H2,1-9H3,(H,66,73)(H,67,74)(H,78,79)(H,80,81)/t37-,41-,42-,44+,45-,46+,47+,49?,50?,64+,65-/m1/s1. The molecule has 1 aromatic carbocycles. The van der Waals surface area contributed by atoms with Gasteiger partial charge in [-0.1, -0.05) is 41.0 Å². The number of aliphatic hydroxyl groups excluding tert-OH is 1. The number of carboxylic acids is 2. The van der Waals surface area contributed by atoms with Crippen molar-refractivity contribution in [3.8, 4) is 5.75 Å². The Morgan fingerprint density at radius 1 is 0.824 bits per heavy atom. The first-order valence-electron chi connectivity index (χ1n) is 31.2. The average Bonchev–Trinajstić information content (AvgIpc) is 1.75. The van der Waals surface area contributed by atoms with Crippen LogP contribution in [-0.2, 0) is 33.6 Å². The number of thioether (sulfide) groups is 1. The number of hydrogen-bond acceptors (Lipinski definition) is 14. The number of nitrogens with one attached hydrogen (secondary N) is 2. The van der Waals surface area contributed by atoms with Gasteiger partial charge in [-0.05, 0) is 176 Å². The highest BCUT2D eigenvalue weighted by Gasteiger charge is 2.60. The van der Waals surface area contributed by atoms with Crippen LogP contribution in [-0.4, -0.2) is 140 Å². The molecule has 1 aliphatic heterocycles. The molecular weight excluding hydrogens is 1120 g/mol. The number of aromatic nitrogens is 1. The first-order chi connectivity index (χ1) is 40.2. The molecule has 4 fully saturated rings. The third-order valence-electron chi connectivity index (χ3n) is 21.0. The number of Topliss-reactive ketones (excluding diaryl/α,β-unsaturated/α-hetero) is 2. The number of carbonyl (C=O) groups excluding carboxylic acids is 6. The van der Waals surface area contributed by atoms with E-state index in [4.69, 9.17) is 4.74 Å². The van der Waals surface area contributed by atoms with E-state index < -0.39 is 35.5 Å². The predicted molar refractivity (Wildman–Crippen MR) is 329 cm³/mol. The number of aliphatic carboxylic acids is 2. The summed E-state index contributed by atoms with van der Waals surface area (Å²) in [5.41, 5.74) is 1.72. The number of carboxylic acid groups (broad SMARTS) is 2. The van der Waals surface area contributed by atoms with Gasteiger partial charge in [-0.25, -0.2) is 19.4 Å². The minimum absolute atomic E-state index is 0.0517. The number of rotatable bonds is 26. The number of carbonyl (C=O) groups is 8. The number of aliphatic hydroxyl groups is 1. The second-order valence-corrected chi connectivity index (χ2v) is 28.9. The van der Waals surface area contributed by atoms with Crippen molar-refractivity contribution < 1.29 is 58.4 Å². The molecule has 0 bridgehead atoms. The lowest BCUT2D eigenvalue weighted by atomic mass is 9.44. The molecular formula is C65H92N6O12S2.